The van der Waals surface area contributed by atoms with Gasteiger partial charge >= 0.3 is 6.03 Å². The Labute approximate surface area is 101 Å². The van der Waals surface area contributed by atoms with Gasteiger partial charge in [-0.25, -0.2) is 9.78 Å². The van der Waals surface area contributed by atoms with E-state index in [4.69, 9.17) is 5.73 Å². The molecule has 0 aliphatic carbocycles. The van der Waals surface area contributed by atoms with Crippen molar-refractivity contribution in [1.29, 1.82) is 0 Å². The van der Waals surface area contributed by atoms with E-state index in [-0.39, 0.29) is 6.03 Å². The third-order valence-corrected chi connectivity index (χ3v) is 3.01. The second-order valence-corrected chi connectivity index (χ2v) is 4.56. The van der Waals surface area contributed by atoms with E-state index in [1.807, 2.05) is 4.90 Å². The number of hydrogen-bond acceptors (Lipinski definition) is 3. The maximum Gasteiger partial charge on any atom is 0.323 e. The summed E-state index contributed by atoms with van der Waals surface area (Å²) in [5.74, 6) is 1.01. The summed E-state index contributed by atoms with van der Waals surface area (Å²) < 4.78 is 0. The van der Waals surface area contributed by atoms with Gasteiger partial charge in [-0.15, -0.1) is 0 Å². The van der Waals surface area contributed by atoms with E-state index in [9.17, 15) is 4.79 Å². The molecule has 0 radical (unpaired) electrons. The van der Waals surface area contributed by atoms with Gasteiger partial charge in [-0.2, -0.15) is 0 Å². The summed E-state index contributed by atoms with van der Waals surface area (Å²) >= 11 is 0. The summed E-state index contributed by atoms with van der Waals surface area (Å²) in [4.78, 5) is 17.9. The van der Waals surface area contributed by atoms with Crippen molar-refractivity contribution in [3.05, 3.63) is 18.3 Å². The van der Waals surface area contributed by atoms with Crippen LogP contribution < -0.4 is 11.1 Å². The second-order valence-electron chi connectivity index (χ2n) is 4.56. The van der Waals surface area contributed by atoms with Gasteiger partial charge in [-0.05, 0) is 30.9 Å². The number of nitrogens with zero attached hydrogens (tertiary/aromatic N) is 2. The van der Waals surface area contributed by atoms with Gasteiger partial charge in [0.25, 0.3) is 0 Å². The number of pyridine rings is 1. The van der Waals surface area contributed by atoms with Crippen molar-refractivity contribution in [2.24, 2.45) is 5.92 Å². The highest BCUT2D eigenvalue weighted by Gasteiger charge is 2.21. The minimum Gasteiger partial charge on any atom is -0.396 e. The predicted molar refractivity (Wildman–Crippen MR) is 67.6 cm³/mol. The van der Waals surface area contributed by atoms with Crippen LogP contribution in [0.15, 0.2) is 18.3 Å². The lowest BCUT2D eigenvalue weighted by Gasteiger charge is -2.30. The van der Waals surface area contributed by atoms with Gasteiger partial charge in [0.2, 0.25) is 0 Å². The molecule has 1 aliphatic rings. The maximum atomic E-state index is 12.0. The van der Waals surface area contributed by atoms with Crippen molar-refractivity contribution in [3.63, 3.8) is 0 Å². The van der Waals surface area contributed by atoms with E-state index in [2.05, 4.69) is 17.2 Å². The second kappa shape index (κ2) is 5.03. The number of urea groups is 1. The van der Waals surface area contributed by atoms with Crippen molar-refractivity contribution in [1.82, 2.24) is 9.88 Å². The van der Waals surface area contributed by atoms with Gasteiger partial charge in [0.05, 0.1) is 5.69 Å². The van der Waals surface area contributed by atoms with Crippen molar-refractivity contribution in [2.45, 2.75) is 19.8 Å². The van der Waals surface area contributed by atoms with Crippen LogP contribution in [0.2, 0.25) is 0 Å². The van der Waals surface area contributed by atoms with Crippen LogP contribution in [0, 0.1) is 5.92 Å². The van der Waals surface area contributed by atoms with Crippen molar-refractivity contribution < 1.29 is 4.79 Å². The molecule has 92 valence electrons. The third kappa shape index (κ3) is 2.87. The number of nitrogens with one attached hydrogen (secondary N) is 1. The van der Waals surface area contributed by atoms with E-state index in [0.717, 1.165) is 19.5 Å². The number of carbonyl (C=O) groups excluding carboxylic acids is 1. The predicted octanol–water partition coefficient (Wildman–Crippen LogP) is 1.93. The summed E-state index contributed by atoms with van der Waals surface area (Å²) in [5.41, 5.74) is 6.22. The van der Waals surface area contributed by atoms with Crippen molar-refractivity contribution in [3.8, 4) is 0 Å². The molecule has 1 atom stereocenters. The number of rotatable bonds is 1. The SMILES string of the molecule is CC1CCCN(C(=O)Nc2ncccc2N)C1. The van der Waals surface area contributed by atoms with Crippen LogP contribution in [0.4, 0.5) is 16.3 Å². The molecule has 1 unspecified atom stereocenters. The molecule has 2 amide bonds. The molecule has 17 heavy (non-hydrogen) atoms. The number of carbonyl (C=O) groups is 1. The number of anilines is 2. The third-order valence-electron chi connectivity index (χ3n) is 3.01. The Bertz CT molecular complexity index is 407. The Morgan fingerprint density at radius 3 is 3.18 bits per heavy atom. The van der Waals surface area contributed by atoms with E-state index in [0.29, 0.717) is 17.4 Å². The summed E-state index contributed by atoms with van der Waals surface area (Å²) in [6.07, 6.45) is 3.87. The topological polar surface area (TPSA) is 71.2 Å². The van der Waals surface area contributed by atoms with Crippen LogP contribution in [-0.2, 0) is 0 Å². The lowest BCUT2D eigenvalue weighted by atomic mass is 10.0. The summed E-state index contributed by atoms with van der Waals surface area (Å²) in [6, 6.07) is 3.36. The zero-order chi connectivity index (χ0) is 12.3. The fraction of sp³-hybridized carbons (Fsp3) is 0.500. The fourth-order valence-corrected chi connectivity index (χ4v) is 2.08. The van der Waals surface area contributed by atoms with Crippen LogP contribution in [0.25, 0.3) is 0 Å². The van der Waals surface area contributed by atoms with Crippen molar-refractivity contribution >= 4 is 17.5 Å². The molecular formula is C12H18N4O. The molecule has 1 aromatic heterocycles. The molecule has 5 heteroatoms. The lowest BCUT2D eigenvalue weighted by Crippen LogP contribution is -2.41. The molecule has 3 N–H and O–H groups in total. The number of nitrogen functional groups attached to an aromatic ring is 1. The normalized spacial score (nSPS) is 20.1. The van der Waals surface area contributed by atoms with Crippen LogP contribution in [-0.4, -0.2) is 29.0 Å². The number of nitrogens with two attached hydrogens (primary N) is 1. The monoisotopic (exact) mass is 234 g/mol. The number of aromatic nitrogens is 1. The van der Waals surface area contributed by atoms with E-state index in [1.165, 1.54) is 6.42 Å². The first-order chi connectivity index (χ1) is 8.16. The molecule has 0 spiro atoms. The van der Waals surface area contributed by atoms with Crippen LogP contribution in [0.5, 0.6) is 0 Å². The van der Waals surface area contributed by atoms with Crippen LogP contribution in [0.3, 0.4) is 0 Å². The van der Waals surface area contributed by atoms with Gasteiger partial charge in [-0.1, -0.05) is 6.92 Å². The average molecular weight is 234 g/mol. The Balaban J connectivity index is 1.99. The number of amides is 2. The molecule has 5 nitrogen and oxygen atoms in total. The smallest absolute Gasteiger partial charge is 0.323 e. The standard InChI is InChI=1S/C12H18N4O/c1-9-4-3-7-16(8-9)12(17)15-11-10(13)5-2-6-14-11/h2,5-6,9H,3-4,7-8,13H2,1H3,(H,14,15,17). The maximum absolute atomic E-state index is 12.0. The van der Waals surface area contributed by atoms with Gasteiger partial charge < -0.3 is 10.6 Å². The fourth-order valence-electron chi connectivity index (χ4n) is 2.08. The molecule has 1 aliphatic heterocycles. The number of likely N-dealkylation sites (tertiary alicyclic amines) is 1. The minimum absolute atomic E-state index is 0.109. The number of hydrogen-bond donors (Lipinski definition) is 2. The highest BCUT2D eigenvalue weighted by molar-refractivity contribution is 5.91. The molecule has 1 aromatic rings. The Morgan fingerprint density at radius 2 is 2.47 bits per heavy atom. The Hall–Kier alpha value is -1.78. The molecule has 0 aromatic carbocycles. The number of piperidine rings is 1. The lowest BCUT2D eigenvalue weighted by molar-refractivity contribution is 0.182. The zero-order valence-corrected chi connectivity index (χ0v) is 10.0. The van der Waals surface area contributed by atoms with E-state index < -0.39 is 0 Å². The summed E-state index contributed by atoms with van der Waals surface area (Å²) in [5, 5.41) is 2.75. The van der Waals surface area contributed by atoms with E-state index in [1.54, 1.807) is 18.3 Å². The first-order valence-electron chi connectivity index (χ1n) is 5.93. The molecule has 2 rings (SSSR count). The highest BCUT2D eigenvalue weighted by atomic mass is 16.2. The van der Waals surface area contributed by atoms with Crippen LogP contribution >= 0.6 is 0 Å². The molecule has 0 saturated carbocycles. The Kier molecular flexibility index (Phi) is 3.46. The molecule has 1 saturated heterocycles. The van der Waals surface area contributed by atoms with Gasteiger partial charge in [0.1, 0.15) is 0 Å². The first kappa shape index (κ1) is 11.7. The van der Waals surface area contributed by atoms with Gasteiger partial charge in [0.15, 0.2) is 5.82 Å². The molecule has 2 heterocycles. The molecule has 0 bridgehead atoms. The van der Waals surface area contributed by atoms with Crippen molar-refractivity contribution in [2.75, 3.05) is 24.1 Å². The molecule has 1 fully saturated rings. The summed E-state index contributed by atoms with van der Waals surface area (Å²) in [7, 11) is 0. The van der Waals surface area contributed by atoms with Crippen LogP contribution in [0.1, 0.15) is 19.8 Å². The quantitative estimate of drug-likeness (QED) is 0.780. The largest absolute Gasteiger partial charge is 0.396 e. The summed E-state index contributed by atoms with van der Waals surface area (Å²) in [6.45, 7) is 3.77. The zero-order valence-electron chi connectivity index (χ0n) is 10.0. The Morgan fingerprint density at radius 1 is 1.65 bits per heavy atom. The minimum atomic E-state index is -0.109. The molecular weight excluding hydrogens is 216 g/mol. The van der Waals surface area contributed by atoms with Gasteiger partial charge in [-0.3, -0.25) is 5.32 Å². The van der Waals surface area contributed by atoms with E-state index >= 15 is 0 Å². The highest BCUT2D eigenvalue weighted by Crippen LogP contribution is 2.18. The average Bonchev–Trinajstić information content (AvgIpc) is 2.32. The van der Waals surface area contributed by atoms with Gasteiger partial charge in [0, 0.05) is 19.3 Å². The first-order valence-corrected chi connectivity index (χ1v) is 5.93.